The molecule has 1 heterocycles. The molecule has 0 saturated heterocycles. The maximum absolute atomic E-state index is 12.5. The van der Waals surface area contributed by atoms with Gasteiger partial charge in [0, 0.05) is 29.3 Å². The third-order valence-corrected chi connectivity index (χ3v) is 4.08. The first-order valence-corrected chi connectivity index (χ1v) is 7.62. The molecule has 1 fully saturated rings. The van der Waals surface area contributed by atoms with Crippen LogP contribution in [0.5, 0.6) is 0 Å². The molecule has 0 spiro atoms. The third kappa shape index (κ3) is 2.80. The highest BCUT2D eigenvalue weighted by Gasteiger charge is 2.33. The largest absolute Gasteiger partial charge is 0.326 e. The van der Waals surface area contributed by atoms with Gasteiger partial charge in [0.25, 0.3) is 0 Å². The summed E-state index contributed by atoms with van der Waals surface area (Å²) in [6.07, 6.45) is 2.87. The van der Waals surface area contributed by atoms with Crippen LogP contribution >= 0.6 is 0 Å². The number of hydrogen-bond acceptors (Lipinski definition) is 2. The smallest absolute Gasteiger partial charge is 0.232 e. The Morgan fingerprint density at radius 2 is 1.95 bits per heavy atom. The van der Waals surface area contributed by atoms with Crippen LogP contribution in [0.1, 0.15) is 39.2 Å². The second-order valence-electron chi connectivity index (χ2n) is 7.06. The van der Waals surface area contributed by atoms with Gasteiger partial charge in [0.2, 0.25) is 11.8 Å². The average Bonchev–Trinajstić information content (AvgIpc) is 3.18. The van der Waals surface area contributed by atoms with E-state index in [2.05, 4.69) is 5.32 Å². The van der Waals surface area contributed by atoms with E-state index in [-0.39, 0.29) is 17.7 Å². The second-order valence-corrected chi connectivity index (χ2v) is 7.06. The van der Waals surface area contributed by atoms with Gasteiger partial charge in [-0.25, -0.2) is 0 Å². The molecule has 1 aromatic rings. The quantitative estimate of drug-likeness (QED) is 0.908. The molecule has 0 bridgehead atoms. The molecule has 4 nitrogen and oxygen atoms in total. The summed E-state index contributed by atoms with van der Waals surface area (Å²) < 4.78 is 0. The maximum Gasteiger partial charge on any atom is 0.232 e. The van der Waals surface area contributed by atoms with Crippen LogP contribution in [-0.2, 0) is 16.0 Å². The molecule has 3 rings (SSSR count). The van der Waals surface area contributed by atoms with Gasteiger partial charge in [-0.3, -0.25) is 9.59 Å². The Morgan fingerprint density at radius 1 is 1.24 bits per heavy atom. The van der Waals surface area contributed by atoms with Crippen molar-refractivity contribution < 1.29 is 9.59 Å². The van der Waals surface area contributed by atoms with Gasteiger partial charge < -0.3 is 10.2 Å². The summed E-state index contributed by atoms with van der Waals surface area (Å²) in [6, 6.07) is 5.89. The van der Waals surface area contributed by atoms with Crippen molar-refractivity contribution in [2.45, 2.75) is 40.0 Å². The lowest BCUT2D eigenvalue weighted by Gasteiger charge is -2.26. The Hall–Kier alpha value is -1.84. The SMILES string of the molecule is CC(C)(C)C(=O)N1CCc2ccc(NC(=O)C3CC3)cc21. The van der Waals surface area contributed by atoms with Crippen molar-refractivity contribution in [3.63, 3.8) is 0 Å². The number of benzene rings is 1. The molecule has 0 radical (unpaired) electrons. The lowest BCUT2D eigenvalue weighted by atomic mass is 9.94. The van der Waals surface area contributed by atoms with Crippen molar-refractivity contribution in [1.82, 2.24) is 0 Å². The highest BCUT2D eigenvalue weighted by Crippen LogP contribution is 2.35. The third-order valence-electron chi connectivity index (χ3n) is 4.08. The highest BCUT2D eigenvalue weighted by molar-refractivity contribution is 6.00. The molecule has 4 heteroatoms. The van der Waals surface area contributed by atoms with Crippen LogP contribution in [0.2, 0.25) is 0 Å². The zero-order valence-corrected chi connectivity index (χ0v) is 12.9. The number of fused-ring (bicyclic) bond motifs is 1. The fourth-order valence-electron chi connectivity index (χ4n) is 2.66. The normalized spacial score (nSPS) is 17.6. The molecule has 2 amide bonds. The first-order valence-electron chi connectivity index (χ1n) is 7.62. The van der Waals surface area contributed by atoms with Gasteiger partial charge in [-0.1, -0.05) is 26.8 Å². The Morgan fingerprint density at radius 3 is 2.57 bits per heavy atom. The monoisotopic (exact) mass is 286 g/mol. The molecular weight excluding hydrogens is 264 g/mol. The van der Waals surface area contributed by atoms with Gasteiger partial charge in [0.1, 0.15) is 0 Å². The molecule has 1 aliphatic carbocycles. The second kappa shape index (κ2) is 4.86. The van der Waals surface area contributed by atoms with E-state index >= 15 is 0 Å². The van der Waals surface area contributed by atoms with E-state index in [1.165, 1.54) is 5.56 Å². The molecule has 112 valence electrons. The molecule has 0 aromatic heterocycles. The van der Waals surface area contributed by atoms with Crippen LogP contribution in [0.15, 0.2) is 18.2 Å². The van der Waals surface area contributed by atoms with Gasteiger partial charge in [0.05, 0.1) is 0 Å². The number of hydrogen-bond donors (Lipinski definition) is 1. The van der Waals surface area contributed by atoms with E-state index in [4.69, 9.17) is 0 Å². The van der Waals surface area contributed by atoms with Crippen molar-refractivity contribution in [2.24, 2.45) is 11.3 Å². The predicted octanol–water partition coefficient (Wildman–Crippen LogP) is 2.97. The van der Waals surface area contributed by atoms with Crippen molar-refractivity contribution in [3.8, 4) is 0 Å². The Kier molecular flexibility index (Phi) is 3.27. The molecule has 0 unspecified atom stereocenters. The first-order chi connectivity index (χ1) is 9.86. The molecule has 1 N–H and O–H groups in total. The highest BCUT2D eigenvalue weighted by atomic mass is 16.2. The topological polar surface area (TPSA) is 49.4 Å². The zero-order chi connectivity index (χ0) is 15.2. The molecule has 2 aliphatic rings. The van der Waals surface area contributed by atoms with E-state index < -0.39 is 5.41 Å². The van der Waals surface area contributed by atoms with Crippen molar-refractivity contribution in [3.05, 3.63) is 23.8 Å². The number of nitrogens with one attached hydrogen (secondary N) is 1. The molecule has 21 heavy (non-hydrogen) atoms. The van der Waals surface area contributed by atoms with Crippen LogP contribution in [0, 0.1) is 11.3 Å². The number of carbonyl (C=O) groups excluding carboxylic acids is 2. The number of carbonyl (C=O) groups is 2. The lowest BCUT2D eigenvalue weighted by Crippen LogP contribution is -2.38. The van der Waals surface area contributed by atoms with Crippen LogP contribution in [-0.4, -0.2) is 18.4 Å². The fourth-order valence-corrected chi connectivity index (χ4v) is 2.66. The number of nitrogens with zero attached hydrogens (tertiary/aromatic N) is 1. The summed E-state index contributed by atoms with van der Waals surface area (Å²) in [6.45, 7) is 6.54. The van der Waals surface area contributed by atoms with Gasteiger partial charge in [0.15, 0.2) is 0 Å². The average molecular weight is 286 g/mol. The summed E-state index contributed by atoms with van der Waals surface area (Å²) in [5, 5.41) is 2.95. The van der Waals surface area contributed by atoms with Crippen LogP contribution in [0.4, 0.5) is 11.4 Å². The van der Waals surface area contributed by atoms with E-state index in [1.54, 1.807) is 0 Å². The van der Waals surface area contributed by atoms with Crippen LogP contribution in [0.3, 0.4) is 0 Å². The number of rotatable bonds is 2. The minimum atomic E-state index is -0.394. The van der Waals surface area contributed by atoms with Crippen LogP contribution < -0.4 is 10.2 Å². The molecule has 1 aromatic carbocycles. The van der Waals surface area contributed by atoms with E-state index in [0.29, 0.717) is 0 Å². The van der Waals surface area contributed by atoms with Crippen molar-refractivity contribution in [2.75, 3.05) is 16.8 Å². The summed E-state index contributed by atoms with van der Waals surface area (Å²) in [5.74, 6) is 0.416. The summed E-state index contributed by atoms with van der Waals surface area (Å²) >= 11 is 0. The number of anilines is 2. The van der Waals surface area contributed by atoms with Gasteiger partial charge >= 0.3 is 0 Å². The Balaban J connectivity index is 1.83. The van der Waals surface area contributed by atoms with Gasteiger partial charge in [-0.05, 0) is 37.0 Å². The minimum Gasteiger partial charge on any atom is -0.326 e. The zero-order valence-electron chi connectivity index (χ0n) is 12.9. The van der Waals surface area contributed by atoms with Crippen molar-refractivity contribution in [1.29, 1.82) is 0 Å². The first kappa shape index (κ1) is 14.1. The Bertz CT molecular complexity index is 597. The van der Waals surface area contributed by atoms with Gasteiger partial charge in [-0.15, -0.1) is 0 Å². The summed E-state index contributed by atoms with van der Waals surface area (Å²) in [4.78, 5) is 26.2. The molecule has 1 aliphatic heterocycles. The fraction of sp³-hybridized carbons (Fsp3) is 0.529. The van der Waals surface area contributed by atoms with Crippen molar-refractivity contribution >= 4 is 23.2 Å². The lowest BCUT2D eigenvalue weighted by molar-refractivity contribution is -0.125. The minimum absolute atomic E-state index is 0.0987. The summed E-state index contributed by atoms with van der Waals surface area (Å²) in [5.41, 5.74) is 2.52. The van der Waals surface area contributed by atoms with Crippen LogP contribution in [0.25, 0.3) is 0 Å². The number of amides is 2. The Labute approximate surface area is 125 Å². The molecular formula is C17H22N2O2. The van der Waals surface area contributed by atoms with E-state index in [0.717, 1.165) is 37.2 Å². The predicted molar refractivity (Wildman–Crippen MR) is 83.3 cm³/mol. The van der Waals surface area contributed by atoms with E-state index in [1.807, 2.05) is 43.9 Å². The molecule has 1 saturated carbocycles. The molecule has 0 atom stereocenters. The summed E-state index contributed by atoms with van der Waals surface area (Å²) in [7, 11) is 0. The van der Waals surface area contributed by atoms with E-state index in [9.17, 15) is 9.59 Å². The standard InChI is InChI=1S/C17H22N2O2/c1-17(2,3)16(21)19-9-8-11-6-7-13(10-14(11)19)18-15(20)12-4-5-12/h6-7,10,12H,4-5,8-9H2,1-3H3,(H,18,20). The maximum atomic E-state index is 12.5. The van der Waals surface area contributed by atoms with Gasteiger partial charge in [-0.2, -0.15) is 0 Å².